The first-order chi connectivity index (χ1) is 14.9. The second-order valence-electron chi connectivity index (χ2n) is 8.15. The van der Waals surface area contributed by atoms with Crippen molar-refractivity contribution in [1.29, 1.82) is 0 Å². The van der Waals surface area contributed by atoms with Crippen LogP contribution in [-0.4, -0.2) is 78.5 Å². The van der Waals surface area contributed by atoms with Gasteiger partial charge in [0.05, 0.1) is 25.2 Å². The van der Waals surface area contributed by atoms with E-state index in [4.69, 9.17) is 9.47 Å². The van der Waals surface area contributed by atoms with Gasteiger partial charge in [0.15, 0.2) is 0 Å². The molecule has 0 saturated carbocycles. The number of alkyl halides is 3. The van der Waals surface area contributed by atoms with Gasteiger partial charge < -0.3 is 23.8 Å². The number of carbonyl (C=O) groups is 1. The Labute approximate surface area is 179 Å². The number of piperidine rings is 1. The van der Waals surface area contributed by atoms with Crippen LogP contribution in [0.3, 0.4) is 0 Å². The van der Waals surface area contributed by atoms with Crippen LogP contribution in [0.5, 0.6) is 5.75 Å². The molecule has 0 spiro atoms. The summed E-state index contributed by atoms with van der Waals surface area (Å²) in [6.07, 6.45) is -0.635. The standard InChI is InChI=1S/C22H28F3N3O3/c23-22(24,25)16-28-10-6-18-19(28)2-1-3-20(18)31-17-4-8-26(9-5-17)11-12-27-13-15-30-14-7-21(27)29/h1-3,6,10,17H,4-5,7-9,11-16H2. The number of hydrogen-bond donors (Lipinski definition) is 0. The minimum atomic E-state index is -4.26. The smallest absolute Gasteiger partial charge is 0.406 e. The molecule has 2 saturated heterocycles. The van der Waals surface area contributed by atoms with Crippen molar-refractivity contribution < 1.29 is 27.4 Å². The molecule has 2 aliphatic rings. The number of hydrogen-bond acceptors (Lipinski definition) is 4. The molecule has 2 aromatic rings. The monoisotopic (exact) mass is 439 g/mol. The number of ether oxygens (including phenoxy) is 2. The molecule has 9 heteroatoms. The molecule has 31 heavy (non-hydrogen) atoms. The third-order valence-electron chi connectivity index (χ3n) is 5.96. The van der Waals surface area contributed by atoms with Crippen LogP contribution in [0.25, 0.3) is 10.9 Å². The second-order valence-corrected chi connectivity index (χ2v) is 8.15. The van der Waals surface area contributed by atoms with E-state index in [1.165, 1.54) is 10.8 Å². The summed E-state index contributed by atoms with van der Waals surface area (Å²) in [7, 11) is 0. The van der Waals surface area contributed by atoms with Crippen LogP contribution in [0, 0.1) is 0 Å². The third-order valence-corrected chi connectivity index (χ3v) is 5.96. The Hall–Kier alpha value is -2.26. The van der Waals surface area contributed by atoms with Gasteiger partial charge in [-0.05, 0) is 31.0 Å². The van der Waals surface area contributed by atoms with Gasteiger partial charge in [0.2, 0.25) is 5.91 Å². The van der Waals surface area contributed by atoms with Gasteiger partial charge in [-0.2, -0.15) is 13.2 Å². The molecule has 0 radical (unpaired) electrons. The number of likely N-dealkylation sites (tertiary alicyclic amines) is 1. The van der Waals surface area contributed by atoms with E-state index in [1.807, 2.05) is 11.0 Å². The Balaban J connectivity index is 1.30. The van der Waals surface area contributed by atoms with Crippen LogP contribution in [0.4, 0.5) is 13.2 Å². The van der Waals surface area contributed by atoms with Crippen LogP contribution >= 0.6 is 0 Å². The lowest BCUT2D eigenvalue weighted by molar-refractivity contribution is -0.139. The summed E-state index contributed by atoms with van der Waals surface area (Å²) in [5.41, 5.74) is 0.526. The topological polar surface area (TPSA) is 46.9 Å². The fourth-order valence-corrected chi connectivity index (χ4v) is 4.28. The fourth-order valence-electron chi connectivity index (χ4n) is 4.28. The number of rotatable bonds is 6. The van der Waals surface area contributed by atoms with E-state index < -0.39 is 12.7 Å². The first-order valence-corrected chi connectivity index (χ1v) is 10.8. The maximum Gasteiger partial charge on any atom is 0.406 e. The number of nitrogens with zero attached hydrogens (tertiary/aromatic N) is 3. The molecule has 0 unspecified atom stereocenters. The predicted octanol–water partition coefficient (Wildman–Crippen LogP) is 3.30. The molecule has 3 heterocycles. The Morgan fingerprint density at radius 2 is 1.87 bits per heavy atom. The zero-order valence-electron chi connectivity index (χ0n) is 17.4. The number of benzene rings is 1. The van der Waals surface area contributed by atoms with E-state index in [0.717, 1.165) is 32.5 Å². The lowest BCUT2D eigenvalue weighted by Gasteiger charge is -2.33. The van der Waals surface area contributed by atoms with Crippen LogP contribution < -0.4 is 4.74 Å². The first-order valence-electron chi connectivity index (χ1n) is 10.8. The van der Waals surface area contributed by atoms with E-state index in [9.17, 15) is 18.0 Å². The number of carbonyl (C=O) groups excluding carboxylic acids is 1. The van der Waals surface area contributed by atoms with E-state index in [2.05, 4.69) is 4.90 Å². The molecule has 2 aliphatic heterocycles. The molecule has 1 aromatic heterocycles. The first kappa shape index (κ1) is 22.0. The second kappa shape index (κ2) is 9.48. The minimum absolute atomic E-state index is 0.0287. The molecule has 6 nitrogen and oxygen atoms in total. The maximum absolute atomic E-state index is 12.8. The molecule has 0 aliphatic carbocycles. The molecule has 4 rings (SSSR count). The van der Waals surface area contributed by atoms with Gasteiger partial charge in [-0.3, -0.25) is 4.79 Å². The van der Waals surface area contributed by atoms with E-state index in [0.29, 0.717) is 49.4 Å². The van der Waals surface area contributed by atoms with Crippen molar-refractivity contribution in [1.82, 2.24) is 14.4 Å². The summed E-state index contributed by atoms with van der Waals surface area (Å²) in [4.78, 5) is 16.3. The van der Waals surface area contributed by atoms with Gasteiger partial charge in [-0.1, -0.05) is 6.07 Å². The normalized spacial score (nSPS) is 19.7. The van der Waals surface area contributed by atoms with E-state index in [1.54, 1.807) is 18.2 Å². The van der Waals surface area contributed by atoms with Gasteiger partial charge in [0.25, 0.3) is 0 Å². The van der Waals surface area contributed by atoms with E-state index in [-0.39, 0.29) is 12.0 Å². The van der Waals surface area contributed by atoms with Gasteiger partial charge in [-0.25, -0.2) is 0 Å². The Morgan fingerprint density at radius 1 is 1.06 bits per heavy atom. The SMILES string of the molecule is O=C1CCOCCN1CCN1CCC(Oc2cccc3c2ccn3CC(F)(F)F)CC1. The molecule has 0 N–H and O–H groups in total. The van der Waals surface area contributed by atoms with Crippen molar-refractivity contribution >= 4 is 16.8 Å². The fraction of sp³-hybridized carbons (Fsp3) is 0.591. The summed E-state index contributed by atoms with van der Waals surface area (Å²) in [5, 5.41) is 0.705. The maximum atomic E-state index is 12.8. The third kappa shape index (κ3) is 5.71. The summed E-state index contributed by atoms with van der Waals surface area (Å²) in [6.45, 7) is 4.01. The van der Waals surface area contributed by atoms with Crippen LogP contribution in [0.15, 0.2) is 30.5 Å². The molecular weight excluding hydrogens is 411 g/mol. The molecule has 1 aromatic carbocycles. The van der Waals surface area contributed by atoms with Crippen molar-refractivity contribution in [3.63, 3.8) is 0 Å². The highest BCUT2D eigenvalue weighted by atomic mass is 19.4. The average molecular weight is 439 g/mol. The van der Waals surface area contributed by atoms with Gasteiger partial charge in [0, 0.05) is 44.3 Å². The summed E-state index contributed by atoms with van der Waals surface area (Å²) < 4.78 is 51.1. The van der Waals surface area contributed by atoms with Crippen LogP contribution in [0.1, 0.15) is 19.3 Å². The molecule has 170 valence electrons. The Morgan fingerprint density at radius 3 is 2.65 bits per heavy atom. The van der Waals surface area contributed by atoms with Crippen LogP contribution in [0.2, 0.25) is 0 Å². The van der Waals surface area contributed by atoms with Crippen molar-refractivity contribution in [2.45, 2.75) is 38.1 Å². The lowest BCUT2D eigenvalue weighted by atomic mass is 10.1. The molecular formula is C22H28F3N3O3. The quantitative estimate of drug-likeness (QED) is 0.693. The molecule has 0 atom stereocenters. The van der Waals surface area contributed by atoms with Crippen molar-refractivity contribution in [3.8, 4) is 5.75 Å². The lowest BCUT2D eigenvalue weighted by Crippen LogP contribution is -2.43. The number of aromatic nitrogens is 1. The van der Waals surface area contributed by atoms with E-state index >= 15 is 0 Å². The zero-order chi connectivity index (χ0) is 21.8. The summed E-state index contributed by atoms with van der Waals surface area (Å²) in [6, 6.07) is 6.93. The van der Waals surface area contributed by atoms with Gasteiger partial charge in [-0.15, -0.1) is 0 Å². The highest BCUT2D eigenvalue weighted by molar-refractivity contribution is 5.86. The zero-order valence-corrected chi connectivity index (χ0v) is 17.4. The minimum Gasteiger partial charge on any atom is -0.490 e. The Kier molecular flexibility index (Phi) is 6.71. The average Bonchev–Trinajstić information content (AvgIpc) is 3.01. The van der Waals surface area contributed by atoms with Gasteiger partial charge >= 0.3 is 6.18 Å². The molecule has 0 bridgehead atoms. The molecule has 1 amide bonds. The molecule has 2 fully saturated rings. The van der Waals surface area contributed by atoms with Crippen molar-refractivity contribution in [2.24, 2.45) is 0 Å². The summed E-state index contributed by atoms with van der Waals surface area (Å²) >= 11 is 0. The van der Waals surface area contributed by atoms with Gasteiger partial charge in [0.1, 0.15) is 18.4 Å². The Bertz CT molecular complexity index is 891. The number of halogens is 3. The largest absolute Gasteiger partial charge is 0.490 e. The number of fused-ring (bicyclic) bond motifs is 1. The van der Waals surface area contributed by atoms with Crippen LogP contribution in [-0.2, 0) is 16.1 Å². The predicted molar refractivity (Wildman–Crippen MR) is 110 cm³/mol. The number of amides is 1. The highest BCUT2D eigenvalue weighted by Gasteiger charge is 2.29. The van der Waals surface area contributed by atoms with Crippen molar-refractivity contribution in [3.05, 3.63) is 30.5 Å². The summed E-state index contributed by atoms with van der Waals surface area (Å²) in [5.74, 6) is 0.785. The van der Waals surface area contributed by atoms with Crippen molar-refractivity contribution in [2.75, 3.05) is 45.9 Å². The highest BCUT2D eigenvalue weighted by Crippen LogP contribution is 2.31.